The van der Waals surface area contributed by atoms with E-state index in [9.17, 15) is 0 Å². The van der Waals surface area contributed by atoms with E-state index >= 15 is 0 Å². The summed E-state index contributed by atoms with van der Waals surface area (Å²) in [5.74, 6) is 0.528. The van der Waals surface area contributed by atoms with Crippen LogP contribution in [-0.4, -0.2) is 15.4 Å². The van der Waals surface area contributed by atoms with Gasteiger partial charge in [-0.3, -0.25) is 0 Å². The Kier molecular flexibility index (Phi) is 2.67. The van der Waals surface area contributed by atoms with E-state index in [1.54, 1.807) is 19.1 Å². The molecular formula is C9H6BrClN2O2. The Hall–Kier alpha value is -1.07. The molecule has 0 atom stereocenters. The summed E-state index contributed by atoms with van der Waals surface area (Å²) >= 11 is 9.07. The molecule has 1 aromatic carbocycles. The van der Waals surface area contributed by atoms with E-state index in [2.05, 4.69) is 26.1 Å². The zero-order chi connectivity index (χ0) is 11.0. The molecule has 0 radical (unpaired) electrons. The van der Waals surface area contributed by atoms with Crippen molar-refractivity contribution in [3.05, 3.63) is 28.1 Å². The number of oxime groups is 1. The molecule has 0 unspecified atom stereocenters. The SMILES string of the molecule is Cc1nc2c(/C(Cl)=N\O)ccc(Br)c2o1. The summed E-state index contributed by atoms with van der Waals surface area (Å²) in [7, 11) is 0. The maximum atomic E-state index is 8.61. The number of rotatable bonds is 1. The molecule has 0 aliphatic heterocycles. The van der Waals surface area contributed by atoms with Crippen molar-refractivity contribution >= 4 is 43.8 Å². The summed E-state index contributed by atoms with van der Waals surface area (Å²) in [6.45, 7) is 1.74. The van der Waals surface area contributed by atoms with Gasteiger partial charge in [-0.1, -0.05) is 16.8 Å². The fourth-order valence-electron chi connectivity index (χ4n) is 1.30. The molecule has 1 N–H and O–H groups in total. The van der Waals surface area contributed by atoms with Crippen LogP contribution >= 0.6 is 27.5 Å². The van der Waals surface area contributed by atoms with E-state index in [1.807, 2.05) is 0 Å². The standard InChI is InChI=1S/C9H6BrClN2O2/c1-4-12-7-5(9(11)13-14)2-3-6(10)8(7)15-4/h2-3,14H,1H3/b13-9+. The van der Waals surface area contributed by atoms with Gasteiger partial charge >= 0.3 is 0 Å². The van der Waals surface area contributed by atoms with Crippen LogP contribution in [0.1, 0.15) is 11.5 Å². The lowest BCUT2D eigenvalue weighted by molar-refractivity contribution is 0.321. The molecule has 4 nitrogen and oxygen atoms in total. The van der Waals surface area contributed by atoms with E-state index in [1.165, 1.54) is 0 Å². The van der Waals surface area contributed by atoms with Crippen LogP contribution in [0.25, 0.3) is 11.1 Å². The van der Waals surface area contributed by atoms with Crippen molar-refractivity contribution in [1.29, 1.82) is 0 Å². The third kappa shape index (κ3) is 1.72. The molecule has 0 bridgehead atoms. The smallest absolute Gasteiger partial charge is 0.192 e. The summed E-state index contributed by atoms with van der Waals surface area (Å²) in [4.78, 5) is 4.17. The molecule has 0 aliphatic rings. The summed E-state index contributed by atoms with van der Waals surface area (Å²) in [5.41, 5.74) is 1.70. The van der Waals surface area contributed by atoms with Crippen molar-refractivity contribution in [2.75, 3.05) is 0 Å². The quantitative estimate of drug-likeness (QED) is 0.498. The topological polar surface area (TPSA) is 58.6 Å². The highest BCUT2D eigenvalue weighted by Crippen LogP contribution is 2.28. The summed E-state index contributed by atoms with van der Waals surface area (Å²) in [6, 6.07) is 3.46. The fourth-order valence-corrected chi connectivity index (χ4v) is 1.86. The second-order valence-electron chi connectivity index (χ2n) is 2.90. The van der Waals surface area contributed by atoms with E-state index < -0.39 is 0 Å². The minimum absolute atomic E-state index is 0.0131. The lowest BCUT2D eigenvalue weighted by Gasteiger charge is -1.98. The predicted molar refractivity (Wildman–Crippen MR) is 60.6 cm³/mol. The van der Waals surface area contributed by atoms with Crippen LogP contribution in [-0.2, 0) is 0 Å². The van der Waals surface area contributed by atoms with Gasteiger partial charge < -0.3 is 9.62 Å². The number of hydrogen-bond acceptors (Lipinski definition) is 4. The Balaban J connectivity index is 2.82. The third-order valence-electron chi connectivity index (χ3n) is 1.91. The van der Waals surface area contributed by atoms with Crippen LogP contribution in [0.5, 0.6) is 0 Å². The minimum Gasteiger partial charge on any atom is -0.440 e. The van der Waals surface area contributed by atoms with Crippen molar-refractivity contribution < 1.29 is 9.62 Å². The highest BCUT2D eigenvalue weighted by atomic mass is 79.9. The maximum Gasteiger partial charge on any atom is 0.192 e. The summed E-state index contributed by atoms with van der Waals surface area (Å²) in [6.07, 6.45) is 0. The van der Waals surface area contributed by atoms with Gasteiger partial charge in [0.2, 0.25) is 0 Å². The predicted octanol–water partition coefficient (Wildman–Crippen LogP) is 3.27. The Labute approximate surface area is 98.7 Å². The van der Waals surface area contributed by atoms with Gasteiger partial charge in [0.1, 0.15) is 5.52 Å². The molecule has 0 aliphatic carbocycles. The normalized spacial score (nSPS) is 12.3. The second kappa shape index (κ2) is 3.83. The van der Waals surface area contributed by atoms with Crippen LogP contribution in [0.3, 0.4) is 0 Å². The van der Waals surface area contributed by atoms with E-state index in [4.69, 9.17) is 21.2 Å². The molecule has 1 heterocycles. The van der Waals surface area contributed by atoms with Crippen molar-refractivity contribution in [2.45, 2.75) is 6.92 Å². The number of benzene rings is 1. The molecule has 2 rings (SSSR count). The van der Waals surface area contributed by atoms with E-state index in [0.29, 0.717) is 22.6 Å². The zero-order valence-electron chi connectivity index (χ0n) is 7.66. The first-order chi connectivity index (χ1) is 7.13. The van der Waals surface area contributed by atoms with Crippen LogP contribution in [0.2, 0.25) is 0 Å². The molecule has 15 heavy (non-hydrogen) atoms. The summed E-state index contributed by atoms with van der Waals surface area (Å²) in [5, 5.41) is 11.5. The highest BCUT2D eigenvalue weighted by Gasteiger charge is 2.14. The van der Waals surface area contributed by atoms with Crippen molar-refractivity contribution in [3.63, 3.8) is 0 Å². The van der Waals surface area contributed by atoms with Crippen molar-refractivity contribution in [2.24, 2.45) is 5.16 Å². The number of hydrogen-bond donors (Lipinski definition) is 1. The monoisotopic (exact) mass is 288 g/mol. The van der Waals surface area contributed by atoms with Crippen molar-refractivity contribution in [3.8, 4) is 0 Å². The highest BCUT2D eigenvalue weighted by molar-refractivity contribution is 9.10. The third-order valence-corrected chi connectivity index (χ3v) is 2.82. The van der Waals surface area contributed by atoms with E-state index in [-0.39, 0.29) is 5.17 Å². The van der Waals surface area contributed by atoms with Crippen molar-refractivity contribution in [1.82, 2.24) is 4.98 Å². The molecular weight excluding hydrogens is 283 g/mol. The van der Waals surface area contributed by atoms with Gasteiger partial charge in [-0.2, -0.15) is 0 Å². The Bertz CT molecular complexity index is 550. The lowest BCUT2D eigenvalue weighted by Crippen LogP contribution is -1.92. The molecule has 0 saturated heterocycles. The van der Waals surface area contributed by atoms with Gasteiger partial charge in [0.25, 0.3) is 0 Å². The molecule has 0 amide bonds. The van der Waals surface area contributed by atoms with Gasteiger partial charge in [0, 0.05) is 12.5 Å². The number of aromatic nitrogens is 1. The van der Waals surface area contributed by atoms with Crippen LogP contribution in [0.15, 0.2) is 26.2 Å². The lowest BCUT2D eigenvalue weighted by atomic mass is 10.2. The molecule has 0 spiro atoms. The molecule has 0 fully saturated rings. The first-order valence-electron chi connectivity index (χ1n) is 4.07. The average Bonchev–Trinajstić information content (AvgIpc) is 2.60. The number of nitrogens with zero attached hydrogens (tertiary/aromatic N) is 2. The van der Waals surface area contributed by atoms with E-state index in [0.717, 1.165) is 4.47 Å². The fraction of sp³-hybridized carbons (Fsp3) is 0.111. The number of fused-ring (bicyclic) bond motifs is 1. The Morgan fingerprint density at radius 3 is 3.00 bits per heavy atom. The van der Waals surface area contributed by atoms with Gasteiger partial charge in [-0.05, 0) is 28.1 Å². The zero-order valence-corrected chi connectivity index (χ0v) is 10.0. The number of halogens is 2. The summed E-state index contributed by atoms with van der Waals surface area (Å²) < 4.78 is 6.16. The second-order valence-corrected chi connectivity index (χ2v) is 4.11. The van der Waals surface area contributed by atoms with Gasteiger partial charge in [-0.25, -0.2) is 4.98 Å². The first-order valence-corrected chi connectivity index (χ1v) is 5.24. The van der Waals surface area contributed by atoms with Gasteiger partial charge in [-0.15, -0.1) is 0 Å². The van der Waals surface area contributed by atoms with Crippen LogP contribution < -0.4 is 0 Å². The molecule has 1 aromatic heterocycles. The maximum absolute atomic E-state index is 8.61. The van der Waals surface area contributed by atoms with Crippen LogP contribution in [0, 0.1) is 6.92 Å². The van der Waals surface area contributed by atoms with Gasteiger partial charge in [0.05, 0.1) is 4.47 Å². The largest absolute Gasteiger partial charge is 0.440 e. The Morgan fingerprint density at radius 1 is 1.60 bits per heavy atom. The average molecular weight is 290 g/mol. The number of oxazole rings is 1. The molecule has 78 valence electrons. The number of aryl methyl sites for hydroxylation is 1. The molecule has 2 aromatic rings. The molecule has 6 heteroatoms. The Morgan fingerprint density at radius 2 is 2.33 bits per heavy atom. The minimum atomic E-state index is -0.0131. The molecule has 0 saturated carbocycles. The first kappa shape index (κ1) is 10.4. The van der Waals surface area contributed by atoms with Gasteiger partial charge in [0.15, 0.2) is 16.6 Å². The van der Waals surface area contributed by atoms with Crippen LogP contribution in [0.4, 0.5) is 0 Å².